The minimum absolute atomic E-state index is 0.153. The molecule has 0 bridgehead atoms. The average molecular weight is 310 g/mol. The van der Waals surface area contributed by atoms with Crippen LogP contribution in [0.15, 0.2) is 12.1 Å². The van der Waals surface area contributed by atoms with Crippen LogP contribution >= 0.6 is 34.8 Å². The molecule has 0 saturated heterocycles. The molecule has 0 saturated carbocycles. The van der Waals surface area contributed by atoms with Gasteiger partial charge in [-0.3, -0.25) is 4.79 Å². The normalized spacial score (nSPS) is 12.3. The van der Waals surface area contributed by atoms with Crippen LogP contribution in [0.2, 0.25) is 15.1 Å². The zero-order valence-corrected chi connectivity index (χ0v) is 12.2. The molecule has 1 rings (SSSR count). The molecule has 0 radical (unpaired) electrons. The van der Waals surface area contributed by atoms with Gasteiger partial charge >= 0.3 is 0 Å². The van der Waals surface area contributed by atoms with Crippen LogP contribution in [-0.2, 0) is 4.79 Å². The van der Waals surface area contributed by atoms with Crippen molar-refractivity contribution in [1.82, 2.24) is 0 Å². The van der Waals surface area contributed by atoms with E-state index in [2.05, 4.69) is 5.32 Å². The van der Waals surface area contributed by atoms with Gasteiger partial charge in [-0.1, -0.05) is 48.1 Å². The van der Waals surface area contributed by atoms with E-state index in [9.17, 15) is 4.79 Å². The highest BCUT2D eigenvalue weighted by Crippen LogP contribution is 2.32. The first-order valence-electron chi connectivity index (χ1n) is 5.65. The largest absolute Gasteiger partial charge is 0.330 e. The molecule has 3 nitrogen and oxygen atoms in total. The number of anilines is 1. The van der Waals surface area contributed by atoms with Crippen LogP contribution in [-0.4, -0.2) is 12.5 Å². The second-order valence-corrected chi connectivity index (χ2v) is 5.18. The SMILES string of the molecule is CCCC(CN)C(=O)Nc1cc(Cl)c(Cl)cc1Cl. The van der Waals surface area contributed by atoms with Crippen molar-refractivity contribution in [2.24, 2.45) is 11.7 Å². The van der Waals surface area contributed by atoms with Crippen molar-refractivity contribution in [1.29, 1.82) is 0 Å². The number of nitrogens with one attached hydrogen (secondary N) is 1. The van der Waals surface area contributed by atoms with Gasteiger partial charge in [0, 0.05) is 6.54 Å². The lowest BCUT2D eigenvalue weighted by molar-refractivity contribution is -0.119. The zero-order chi connectivity index (χ0) is 13.7. The fourth-order valence-corrected chi connectivity index (χ4v) is 2.15. The summed E-state index contributed by atoms with van der Waals surface area (Å²) in [6.45, 7) is 2.31. The van der Waals surface area contributed by atoms with Crippen molar-refractivity contribution < 1.29 is 4.79 Å². The molecule has 1 aromatic carbocycles. The van der Waals surface area contributed by atoms with Crippen molar-refractivity contribution in [2.45, 2.75) is 19.8 Å². The van der Waals surface area contributed by atoms with Crippen LogP contribution < -0.4 is 11.1 Å². The van der Waals surface area contributed by atoms with Gasteiger partial charge in [0.2, 0.25) is 5.91 Å². The summed E-state index contributed by atoms with van der Waals surface area (Å²) in [5.74, 6) is -0.375. The first-order valence-corrected chi connectivity index (χ1v) is 6.78. The third-order valence-corrected chi connectivity index (χ3v) is 3.60. The lowest BCUT2D eigenvalue weighted by Crippen LogP contribution is -2.29. The van der Waals surface area contributed by atoms with Crippen LogP contribution in [0.3, 0.4) is 0 Å². The molecule has 18 heavy (non-hydrogen) atoms. The standard InChI is InChI=1S/C12H15Cl3N2O/c1-2-3-7(6-16)12(18)17-11-5-9(14)8(13)4-10(11)15/h4-5,7H,2-3,6,16H2,1H3,(H,17,18). The maximum atomic E-state index is 12.0. The minimum Gasteiger partial charge on any atom is -0.330 e. The molecule has 0 aromatic heterocycles. The fraction of sp³-hybridized carbons (Fsp3) is 0.417. The molecule has 0 aliphatic rings. The Balaban J connectivity index is 2.84. The van der Waals surface area contributed by atoms with Gasteiger partial charge in [0.1, 0.15) is 0 Å². The number of nitrogens with two attached hydrogens (primary N) is 1. The van der Waals surface area contributed by atoms with Crippen molar-refractivity contribution in [3.8, 4) is 0 Å². The molecule has 1 aromatic rings. The Morgan fingerprint density at radius 3 is 2.44 bits per heavy atom. The van der Waals surface area contributed by atoms with Crippen LogP contribution in [0.1, 0.15) is 19.8 Å². The van der Waals surface area contributed by atoms with Gasteiger partial charge in [0.25, 0.3) is 0 Å². The predicted octanol–water partition coefficient (Wildman–Crippen LogP) is 3.96. The van der Waals surface area contributed by atoms with E-state index in [1.807, 2.05) is 6.92 Å². The highest BCUT2D eigenvalue weighted by atomic mass is 35.5. The molecule has 0 aliphatic carbocycles. The minimum atomic E-state index is -0.222. The van der Waals surface area contributed by atoms with E-state index in [1.165, 1.54) is 12.1 Å². The molecule has 1 amide bonds. The summed E-state index contributed by atoms with van der Waals surface area (Å²) in [4.78, 5) is 12.0. The van der Waals surface area contributed by atoms with E-state index < -0.39 is 0 Å². The number of hydrogen-bond donors (Lipinski definition) is 2. The summed E-state index contributed by atoms with van der Waals surface area (Å²) < 4.78 is 0. The van der Waals surface area contributed by atoms with Gasteiger partial charge in [0.05, 0.1) is 26.7 Å². The molecular weight excluding hydrogens is 295 g/mol. The maximum Gasteiger partial charge on any atom is 0.228 e. The van der Waals surface area contributed by atoms with E-state index in [4.69, 9.17) is 40.5 Å². The van der Waals surface area contributed by atoms with E-state index >= 15 is 0 Å². The molecule has 0 fully saturated rings. The fourth-order valence-electron chi connectivity index (χ4n) is 1.56. The molecule has 6 heteroatoms. The van der Waals surface area contributed by atoms with Gasteiger partial charge in [-0.15, -0.1) is 0 Å². The number of amides is 1. The summed E-state index contributed by atoms with van der Waals surface area (Å²) in [6, 6.07) is 3.03. The van der Waals surface area contributed by atoms with E-state index in [0.29, 0.717) is 27.3 Å². The number of carbonyl (C=O) groups is 1. The summed E-state index contributed by atoms with van der Waals surface area (Å²) in [5.41, 5.74) is 6.01. The van der Waals surface area contributed by atoms with Gasteiger partial charge in [0.15, 0.2) is 0 Å². The third-order valence-electron chi connectivity index (χ3n) is 2.56. The van der Waals surface area contributed by atoms with E-state index in [0.717, 1.165) is 12.8 Å². The van der Waals surface area contributed by atoms with Crippen molar-refractivity contribution in [2.75, 3.05) is 11.9 Å². The van der Waals surface area contributed by atoms with Crippen LogP contribution in [0.4, 0.5) is 5.69 Å². The molecule has 0 aliphatic heterocycles. The summed E-state index contributed by atoms with van der Waals surface area (Å²) in [6.07, 6.45) is 1.63. The van der Waals surface area contributed by atoms with Crippen LogP contribution in [0.5, 0.6) is 0 Å². The Hall–Kier alpha value is -0.480. The number of carbonyl (C=O) groups excluding carboxylic acids is 1. The van der Waals surface area contributed by atoms with Crippen molar-refractivity contribution >= 4 is 46.4 Å². The maximum absolute atomic E-state index is 12.0. The third kappa shape index (κ3) is 4.02. The lowest BCUT2D eigenvalue weighted by Gasteiger charge is -2.15. The summed E-state index contributed by atoms with van der Waals surface area (Å²) >= 11 is 17.7. The molecule has 0 heterocycles. The highest BCUT2D eigenvalue weighted by molar-refractivity contribution is 6.44. The number of rotatable bonds is 5. The Kier molecular flexibility index (Phi) is 6.22. The zero-order valence-electron chi connectivity index (χ0n) is 9.97. The predicted molar refractivity (Wildman–Crippen MR) is 77.6 cm³/mol. The average Bonchev–Trinajstić information content (AvgIpc) is 2.32. The number of halogens is 3. The second kappa shape index (κ2) is 7.19. The Labute approximate surface area is 122 Å². The van der Waals surface area contributed by atoms with Crippen LogP contribution in [0, 0.1) is 5.92 Å². The molecular formula is C12H15Cl3N2O. The van der Waals surface area contributed by atoms with Crippen molar-refractivity contribution in [3.05, 3.63) is 27.2 Å². The second-order valence-electron chi connectivity index (χ2n) is 3.96. The topological polar surface area (TPSA) is 55.1 Å². The van der Waals surface area contributed by atoms with Gasteiger partial charge in [-0.05, 0) is 18.6 Å². The first-order chi connectivity index (χ1) is 8.49. The van der Waals surface area contributed by atoms with Gasteiger partial charge < -0.3 is 11.1 Å². The lowest BCUT2D eigenvalue weighted by atomic mass is 10.0. The molecule has 1 atom stereocenters. The quantitative estimate of drug-likeness (QED) is 0.809. The van der Waals surface area contributed by atoms with Crippen molar-refractivity contribution in [3.63, 3.8) is 0 Å². The van der Waals surface area contributed by atoms with Gasteiger partial charge in [-0.2, -0.15) is 0 Å². The molecule has 1 unspecified atom stereocenters. The summed E-state index contributed by atoms with van der Waals surface area (Å²) in [7, 11) is 0. The Morgan fingerprint density at radius 1 is 1.28 bits per heavy atom. The smallest absolute Gasteiger partial charge is 0.228 e. The highest BCUT2D eigenvalue weighted by Gasteiger charge is 2.17. The number of hydrogen-bond acceptors (Lipinski definition) is 2. The molecule has 100 valence electrons. The Morgan fingerprint density at radius 2 is 1.89 bits per heavy atom. The molecule has 3 N–H and O–H groups in total. The van der Waals surface area contributed by atoms with E-state index in [1.54, 1.807) is 0 Å². The first kappa shape index (κ1) is 15.6. The monoisotopic (exact) mass is 308 g/mol. The molecule has 0 spiro atoms. The van der Waals surface area contributed by atoms with E-state index in [-0.39, 0.29) is 11.8 Å². The van der Waals surface area contributed by atoms with Gasteiger partial charge in [-0.25, -0.2) is 0 Å². The number of benzene rings is 1. The van der Waals surface area contributed by atoms with Crippen LogP contribution in [0.25, 0.3) is 0 Å². The summed E-state index contributed by atoms with van der Waals surface area (Å²) in [5, 5.41) is 3.77. The Bertz CT molecular complexity index is 438.